The van der Waals surface area contributed by atoms with Gasteiger partial charge in [-0.15, -0.1) is 5.10 Å². The van der Waals surface area contributed by atoms with Crippen LogP contribution in [0.1, 0.15) is 21.6 Å². The molecule has 2 N–H and O–H groups in total. The fourth-order valence-electron chi connectivity index (χ4n) is 3.48. The number of amides is 1. The van der Waals surface area contributed by atoms with Gasteiger partial charge in [-0.3, -0.25) is 4.79 Å². The smallest absolute Gasteiger partial charge is 0.270 e. The van der Waals surface area contributed by atoms with Gasteiger partial charge in [0.2, 0.25) is 0 Å². The molecule has 0 aliphatic heterocycles. The zero-order chi connectivity index (χ0) is 18.8. The Hall–Kier alpha value is -2.93. The summed E-state index contributed by atoms with van der Waals surface area (Å²) >= 11 is 0. The third-order valence-electron chi connectivity index (χ3n) is 4.84. The topological polar surface area (TPSA) is 74.6 Å². The number of likely N-dealkylation sites (N-methyl/N-ethyl adjacent to an activating group) is 1. The lowest BCUT2D eigenvalue weighted by molar-refractivity contribution is 0.0931. The fourth-order valence-corrected chi connectivity index (χ4v) is 3.48. The van der Waals surface area contributed by atoms with Crippen molar-refractivity contribution in [2.24, 2.45) is 0 Å². The average Bonchev–Trinajstić information content (AvgIpc) is 3.23. The van der Waals surface area contributed by atoms with Crippen molar-refractivity contribution in [2.75, 3.05) is 32.5 Å². The fraction of sp³-hybridized carbons (Fsp3) is 0.350. The van der Waals surface area contributed by atoms with Crippen molar-refractivity contribution >= 4 is 17.4 Å². The van der Waals surface area contributed by atoms with Crippen LogP contribution in [-0.4, -0.2) is 58.6 Å². The van der Waals surface area contributed by atoms with Crippen molar-refractivity contribution in [3.05, 3.63) is 59.4 Å². The van der Waals surface area contributed by atoms with Crippen molar-refractivity contribution in [2.45, 2.75) is 18.9 Å². The summed E-state index contributed by atoms with van der Waals surface area (Å²) in [6.45, 7) is 1.68. The van der Waals surface area contributed by atoms with Gasteiger partial charge in [-0.1, -0.05) is 24.3 Å². The number of hydrogen-bond donors (Lipinski definition) is 2. The lowest BCUT2D eigenvalue weighted by Crippen LogP contribution is -2.36. The van der Waals surface area contributed by atoms with Gasteiger partial charge in [0.05, 0.1) is 0 Å². The van der Waals surface area contributed by atoms with Gasteiger partial charge in [-0.2, -0.15) is 0 Å². The Morgan fingerprint density at radius 3 is 2.67 bits per heavy atom. The van der Waals surface area contributed by atoms with Crippen LogP contribution >= 0.6 is 0 Å². The molecule has 1 aliphatic rings. The van der Waals surface area contributed by atoms with E-state index in [4.69, 9.17) is 0 Å². The van der Waals surface area contributed by atoms with Crippen LogP contribution in [0.3, 0.4) is 0 Å². The summed E-state index contributed by atoms with van der Waals surface area (Å²) in [4.78, 5) is 19.3. The van der Waals surface area contributed by atoms with Crippen LogP contribution in [0.25, 0.3) is 5.65 Å². The Kier molecular flexibility index (Phi) is 4.77. The number of rotatable bonds is 6. The number of benzene rings is 1. The van der Waals surface area contributed by atoms with Gasteiger partial charge in [0, 0.05) is 31.4 Å². The van der Waals surface area contributed by atoms with Crippen LogP contribution in [0.4, 0.5) is 5.82 Å². The number of aromatic nitrogens is 3. The highest BCUT2D eigenvalue weighted by atomic mass is 16.2. The van der Waals surface area contributed by atoms with E-state index in [1.807, 2.05) is 32.3 Å². The minimum absolute atomic E-state index is 0.117. The molecule has 0 spiro atoms. The molecule has 0 saturated carbocycles. The number of anilines is 1. The lowest BCUT2D eigenvalue weighted by Gasteiger charge is -2.12. The van der Waals surface area contributed by atoms with Gasteiger partial charge in [0.1, 0.15) is 5.69 Å². The van der Waals surface area contributed by atoms with Gasteiger partial charge >= 0.3 is 0 Å². The summed E-state index contributed by atoms with van der Waals surface area (Å²) in [6.07, 6.45) is 3.39. The number of hydrogen-bond acceptors (Lipinski definition) is 5. The Bertz CT molecular complexity index is 939. The normalized spacial score (nSPS) is 13.9. The van der Waals surface area contributed by atoms with Crippen molar-refractivity contribution in [3.8, 4) is 0 Å². The number of nitrogens with zero attached hydrogens (tertiary/aromatic N) is 4. The summed E-state index contributed by atoms with van der Waals surface area (Å²) in [7, 11) is 4.05. The second kappa shape index (κ2) is 7.36. The standard InChI is InChI=1S/C20H24N6O/c1-25(2)10-9-21-18-13-19-22-8-7-17(26(19)24-18)20(27)23-16-11-14-5-3-4-6-15(14)12-16/h3-8,13,16H,9-12H2,1-2H3,(H,21,24)(H,23,27). The molecular formula is C20H24N6O. The molecule has 4 rings (SSSR count). The SMILES string of the molecule is CN(C)CCNc1cc2nccc(C(=O)NC3Cc4ccccc4C3)n2n1. The molecular weight excluding hydrogens is 340 g/mol. The first-order chi connectivity index (χ1) is 13.1. The van der Waals surface area contributed by atoms with Crippen LogP contribution in [0, 0.1) is 0 Å². The van der Waals surface area contributed by atoms with Gasteiger partial charge in [0.15, 0.2) is 11.5 Å². The van der Waals surface area contributed by atoms with E-state index in [1.165, 1.54) is 11.1 Å². The minimum atomic E-state index is -0.122. The quantitative estimate of drug-likeness (QED) is 0.695. The second-order valence-electron chi connectivity index (χ2n) is 7.21. The van der Waals surface area contributed by atoms with Crippen molar-refractivity contribution in [3.63, 3.8) is 0 Å². The van der Waals surface area contributed by atoms with Gasteiger partial charge < -0.3 is 15.5 Å². The summed E-state index contributed by atoms with van der Waals surface area (Å²) < 4.78 is 1.61. The van der Waals surface area contributed by atoms with Crippen molar-refractivity contribution < 1.29 is 4.79 Å². The zero-order valence-corrected chi connectivity index (χ0v) is 15.6. The van der Waals surface area contributed by atoms with E-state index in [0.29, 0.717) is 11.3 Å². The van der Waals surface area contributed by atoms with E-state index in [0.717, 1.165) is 31.7 Å². The maximum atomic E-state index is 12.9. The lowest BCUT2D eigenvalue weighted by atomic mass is 10.1. The Balaban J connectivity index is 1.48. The third-order valence-corrected chi connectivity index (χ3v) is 4.84. The molecule has 1 amide bonds. The largest absolute Gasteiger partial charge is 0.367 e. The first-order valence-corrected chi connectivity index (χ1v) is 9.21. The second-order valence-corrected chi connectivity index (χ2v) is 7.21. The highest BCUT2D eigenvalue weighted by molar-refractivity contribution is 5.93. The van der Waals surface area contributed by atoms with E-state index < -0.39 is 0 Å². The summed E-state index contributed by atoms with van der Waals surface area (Å²) in [5.74, 6) is 0.598. The molecule has 27 heavy (non-hydrogen) atoms. The van der Waals surface area contributed by atoms with Crippen LogP contribution < -0.4 is 10.6 Å². The number of nitrogens with one attached hydrogen (secondary N) is 2. The molecule has 2 heterocycles. The minimum Gasteiger partial charge on any atom is -0.367 e. The third kappa shape index (κ3) is 3.78. The molecule has 140 valence electrons. The molecule has 3 aromatic rings. The molecule has 0 bridgehead atoms. The Labute approximate surface area is 158 Å². The van der Waals surface area contributed by atoms with Crippen molar-refractivity contribution in [1.29, 1.82) is 0 Å². The van der Waals surface area contributed by atoms with Crippen molar-refractivity contribution in [1.82, 2.24) is 24.8 Å². The van der Waals surface area contributed by atoms with Crippen LogP contribution in [0.2, 0.25) is 0 Å². The first-order valence-electron chi connectivity index (χ1n) is 9.21. The van der Waals surface area contributed by atoms with E-state index >= 15 is 0 Å². The molecule has 0 radical (unpaired) electrons. The van der Waals surface area contributed by atoms with Gasteiger partial charge in [-0.05, 0) is 44.1 Å². The summed E-state index contributed by atoms with van der Waals surface area (Å²) in [6, 6.07) is 12.0. The Morgan fingerprint density at radius 2 is 1.96 bits per heavy atom. The van der Waals surface area contributed by atoms with Crippen LogP contribution in [0.5, 0.6) is 0 Å². The van der Waals surface area contributed by atoms with Crippen LogP contribution in [0.15, 0.2) is 42.6 Å². The Morgan fingerprint density at radius 1 is 1.22 bits per heavy atom. The average molecular weight is 364 g/mol. The molecule has 0 atom stereocenters. The molecule has 1 aliphatic carbocycles. The maximum absolute atomic E-state index is 12.9. The van der Waals surface area contributed by atoms with E-state index in [2.05, 4.69) is 37.7 Å². The highest BCUT2D eigenvalue weighted by Gasteiger charge is 2.24. The molecule has 0 unspecified atom stereocenters. The summed E-state index contributed by atoms with van der Waals surface area (Å²) in [5, 5.41) is 10.9. The zero-order valence-electron chi connectivity index (χ0n) is 15.6. The molecule has 7 heteroatoms. The molecule has 1 aromatic carbocycles. The predicted molar refractivity (Wildman–Crippen MR) is 105 cm³/mol. The molecule has 7 nitrogen and oxygen atoms in total. The molecule has 0 saturated heterocycles. The predicted octanol–water partition coefficient (Wildman–Crippen LogP) is 1.60. The number of carbonyl (C=O) groups is 1. The highest BCUT2D eigenvalue weighted by Crippen LogP contribution is 2.22. The number of fused-ring (bicyclic) bond motifs is 2. The first kappa shape index (κ1) is 17.5. The van der Waals surface area contributed by atoms with E-state index in [9.17, 15) is 4.79 Å². The summed E-state index contributed by atoms with van der Waals surface area (Å²) in [5.41, 5.74) is 3.78. The van der Waals surface area contributed by atoms with E-state index in [1.54, 1.807) is 16.8 Å². The molecule has 2 aromatic heterocycles. The van der Waals surface area contributed by atoms with Gasteiger partial charge in [-0.25, -0.2) is 9.50 Å². The van der Waals surface area contributed by atoms with Gasteiger partial charge in [0.25, 0.3) is 5.91 Å². The van der Waals surface area contributed by atoms with Crippen LogP contribution in [-0.2, 0) is 12.8 Å². The monoisotopic (exact) mass is 364 g/mol. The molecule has 0 fully saturated rings. The van der Waals surface area contributed by atoms with E-state index in [-0.39, 0.29) is 11.9 Å². The number of carbonyl (C=O) groups excluding carboxylic acids is 1. The maximum Gasteiger partial charge on any atom is 0.270 e.